The van der Waals surface area contributed by atoms with Crippen molar-refractivity contribution in [3.05, 3.63) is 33.8 Å². The van der Waals surface area contributed by atoms with Gasteiger partial charge < -0.3 is 15.3 Å². The van der Waals surface area contributed by atoms with Crippen LogP contribution in [0.4, 0.5) is 0 Å². The Labute approximate surface area is 180 Å². The van der Waals surface area contributed by atoms with Crippen LogP contribution in [0.5, 0.6) is 5.88 Å². The highest BCUT2D eigenvalue weighted by Crippen LogP contribution is 2.25. The average Bonchev–Trinajstić information content (AvgIpc) is 3.24. The SMILES string of the molecule is CC(C)Cn1c(O)c(C(=O)NC2CC2)c(=O)n2ncc(/C=C/C(=O)N3CCC[C@H]3C)c12. The zero-order chi connectivity index (χ0) is 22.3. The van der Waals surface area contributed by atoms with Crippen molar-refractivity contribution in [3.8, 4) is 5.88 Å². The van der Waals surface area contributed by atoms with E-state index >= 15 is 0 Å². The van der Waals surface area contributed by atoms with Crippen LogP contribution in [0.3, 0.4) is 0 Å². The number of hydrogen-bond acceptors (Lipinski definition) is 5. The number of likely N-dealkylation sites (tertiary alicyclic amines) is 1. The third-order valence-electron chi connectivity index (χ3n) is 5.84. The number of carbonyl (C=O) groups is 2. The second kappa shape index (κ2) is 8.20. The van der Waals surface area contributed by atoms with E-state index in [1.807, 2.05) is 25.7 Å². The molecule has 31 heavy (non-hydrogen) atoms. The minimum Gasteiger partial charge on any atom is -0.494 e. The number of carbonyl (C=O) groups excluding carboxylic acids is 2. The summed E-state index contributed by atoms with van der Waals surface area (Å²) in [5.74, 6) is -0.920. The van der Waals surface area contributed by atoms with Crippen LogP contribution in [0, 0.1) is 5.92 Å². The molecule has 1 saturated carbocycles. The summed E-state index contributed by atoms with van der Waals surface area (Å²) in [6.45, 7) is 7.09. The predicted octanol–water partition coefficient (Wildman–Crippen LogP) is 1.77. The molecule has 166 valence electrons. The summed E-state index contributed by atoms with van der Waals surface area (Å²) in [5, 5.41) is 17.8. The monoisotopic (exact) mass is 427 g/mol. The maximum Gasteiger partial charge on any atom is 0.291 e. The molecule has 0 radical (unpaired) electrons. The van der Waals surface area contributed by atoms with Gasteiger partial charge in [-0.05, 0) is 44.6 Å². The first-order valence-corrected chi connectivity index (χ1v) is 10.9. The van der Waals surface area contributed by atoms with Gasteiger partial charge in [-0.25, -0.2) is 0 Å². The minimum absolute atomic E-state index is 0.0515. The molecule has 2 aromatic rings. The van der Waals surface area contributed by atoms with E-state index in [1.54, 1.807) is 6.08 Å². The van der Waals surface area contributed by atoms with Crippen LogP contribution < -0.4 is 10.9 Å². The lowest BCUT2D eigenvalue weighted by Gasteiger charge is -2.19. The molecule has 9 nitrogen and oxygen atoms in total. The first-order chi connectivity index (χ1) is 14.8. The topological polar surface area (TPSA) is 109 Å². The van der Waals surface area contributed by atoms with Gasteiger partial charge in [0.05, 0.1) is 6.20 Å². The third kappa shape index (κ3) is 4.08. The number of rotatable bonds is 6. The first-order valence-electron chi connectivity index (χ1n) is 10.9. The average molecular weight is 428 g/mol. The van der Waals surface area contributed by atoms with Gasteiger partial charge in [-0.2, -0.15) is 9.61 Å². The van der Waals surface area contributed by atoms with Crippen LogP contribution in [0.2, 0.25) is 0 Å². The number of amides is 2. The van der Waals surface area contributed by atoms with E-state index in [0.29, 0.717) is 17.8 Å². The van der Waals surface area contributed by atoms with Gasteiger partial charge in [-0.15, -0.1) is 0 Å². The molecule has 2 aliphatic rings. The molecule has 0 spiro atoms. The molecule has 1 saturated heterocycles. The quantitative estimate of drug-likeness (QED) is 0.683. The molecule has 2 N–H and O–H groups in total. The van der Waals surface area contributed by atoms with E-state index in [2.05, 4.69) is 10.4 Å². The Morgan fingerprint density at radius 1 is 1.32 bits per heavy atom. The summed E-state index contributed by atoms with van der Waals surface area (Å²) in [7, 11) is 0. The highest BCUT2D eigenvalue weighted by atomic mass is 16.3. The minimum atomic E-state index is -0.676. The largest absolute Gasteiger partial charge is 0.494 e. The van der Waals surface area contributed by atoms with E-state index in [1.165, 1.54) is 16.8 Å². The molecule has 1 atom stereocenters. The summed E-state index contributed by atoms with van der Waals surface area (Å²) in [6.07, 6.45) is 8.30. The lowest BCUT2D eigenvalue weighted by atomic mass is 10.2. The van der Waals surface area contributed by atoms with Crippen molar-refractivity contribution < 1.29 is 14.7 Å². The van der Waals surface area contributed by atoms with Crippen molar-refractivity contribution in [2.75, 3.05) is 6.54 Å². The summed E-state index contributed by atoms with van der Waals surface area (Å²) in [5.41, 5.74) is -0.0921. The van der Waals surface area contributed by atoms with Crippen molar-refractivity contribution in [1.29, 1.82) is 0 Å². The van der Waals surface area contributed by atoms with Crippen molar-refractivity contribution in [3.63, 3.8) is 0 Å². The van der Waals surface area contributed by atoms with Crippen LogP contribution in [0.15, 0.2) is 17.1 Å². The van der Waals surface area contributed by atoms with Crippen LogP contribution in [-0.2, 0) is 11.3 Å². The standard InChI is InChI=1S/C22H29N5O4/c1-13(2)12-26-20-15(6-9-17(28)25-10-4-5-14(25)3)11-23-27(20)22(31)18(21(26)30)19(29)24-16-7-8-16/h6,9,11,13-14,16,30H,4-5,7-8,10,12H2,1-3H3,(H,24,29)/b9-6+/t14-/m1/s1. The highest BCUT2D eigenvalue weighted by molar-refractivity contribution is 5.97. The molecule has 0 unspecified atom stereocenters. The highest BCUT2D eigenvalue weighted by Gasteiger charge is 2.30. The lowest BCUT2D eigenvalue weighted by molar-refractivity contribution is -0.126. The molecule has 4 rings (SSSR count). The first kappa shape index (κ1) is 21.1. The maximum atomic E-state index is 13.0. The fourth-order valence-electron chi connectivity index (χ4n) is 4.07. The van der Waals surface area contributed by atoms with Gasteiger partial charge in [0.2, 0.25) is 11.8 Å². The zero-order valence-electron chi connectivity index (χ0n) is 18.2. The van der Waals surface area contributed by atoms with Crippen molar-refractivity contribution in [2.24, 2.45) is 5.92 Å². The number of aromatic nitrogens is 3. The summed E-state index contributed by atoms with van der Waals surface area (Å²) < 4.78 is 2.66. The van der Waals surface area contributed by atoms with Gasteiger partial charge in [0.1, 0.15) is 5.65 Å². The molecular weight excluding hydrogens is 398 g/mol. The normalized spacial score (nSPS) is 19.1. The number of aromatic hydroxyl groups is 1. The van der Waals surface area contributed by atoms with Crippen LogP contribution in [-0.4, -0.2) is 54.6 Å². The smallest absolute Gasteiger partial charge is 0.291 e. The Hall–Kier alpha value is -3.10. The second-order valence-corrected chi connectivity index (χ2v) is 8.95. The van der Waals surface area contributed by atoms with Crippen LogP contribution in [0.1, 0.15) is 62.4 Å². The third-order valence-corrected chi connectivity index (χ3v) is 5.84. The van der Waals surface area contributed by atoms with Gasteiger partial charge in [-0.3, -0.25) is 19.0 Å². The number of fused-ring (bicyclic) bond motifs is 1. The molecule has 1 aliphatic carbocycles. The van der Waals surface area contributed by atoms with Crippen molar-refractivity contribution in [2.45, 2.75) is 65.1 Å². The molecular formula is C22H29N5O4. The zero-order valence-corrected chi connectivity index (χ0v) is 18.2. The maximum absolute atomic E-state index is 13.0. The Kier molecular flexibility index (Phi) is 5.60. The molecule has 1 aliphatic heterocycles. The van der Waals surface area contributed by atoms with E-state index < -0.39 is 11.5 Å². The van der Waals surface area contributed by atoms with Gasteiger partial charge in [0.15, 0.2) is 5.56 Å². The second-order valence-electron chi connectivity index (χ2n) is 8.95. The predicted molar refractivity (Wildman–Crippen MR) is 116 cm³/mol. The van der Waals surface area contributed by atoms with E-state index in [0.717, 1.165) is 36.7 Å². The summed E-state index contributed by atoms with van der Waals surface area (Å²) >= 11 is 0. The number of nitrogens with one attached hydrogen (secondary N) is 1. The van der Waals surface area contributed by atoms with Gasteiger partial charge in [-0.1, -0.05) is 13.8 Å². The Morgan fingerprint density at radius 2 is 2.06 bits per heavy atom. The Bertz CT molecular complexity index is 1110. The molecule has 3 heterocycles. The number of nitrogens with zero attached hydrogens (tertiary/aromatic N) is 4. The molecule has 0 bridgehead atoms. The van der Waals surface area contributed by atoms with Crippen LogP contribution in [0.25, 0.3) is 11.7 Å². The Morgan fingerprint density at radius 3 is 2.68 bits per heavy atom. The van der Waals surface area contributed by atoms with Gasteiger partial charge >= 0.3 is 0 Å². The van der Waals surface area contributed by atoms with Crippen LogP contribution >= 0.6 is 0 Å². The fourth-order valence-corrected chi connectivity index (χ4v) is 4.07. The van der Waals surface area contributed by atoms with Crippen molar-refractivity contribution >= 4 is 23.5 Å². The Balaban J connectivity index is 1.77. The molecule has 2 fully saturated rings. The van der Waals surface area contributed by atoms with E-state index in [4.69, 9.17) is 0 Å². The fraction of sp³-hybridized carbons (Fsp3) is 0.545. The molecule has 2 aromatic heterocycles. The summed E-state index contributed by atoms with van der Waals surface area (Å²) in [4.78, 5) is 40.0. The molecule has 0 aromatic carbocycles. The van der Waals surface area contributed by atoms with E-state index in [9.17, 15) is 19.5 Å². The van der Waals surface area contributed by atoms with Gasteiger partial charge in [0.25, 0.3) is 11.5 Å². The van der Waals surface area contributed by atoms with E-state index in [-0.39, 0.29) is 35.4 Å². The molecule has 2 amide bonds. The summed E-state index contributed by atoms with van der Waals surface area (Å²) in [6, 6.07) is 0.257. The van der Waals surface area contributed by atoms with Gasteiger partial charge in [0, 0.05) is 36.8 Å². The molecule has 9 heteroatoms. The van der Waals surface area contributed by atoms with Crippen molar-refractivity contribution in [1.82, 2.24) is 24.4 Å². The number of hydrogen-bond donors (Lipinski definition) is 2. The lowest BCUT2D eigenvalue weighted by Crippen LogP contribution is -2.34.